The van der Waals surface area contributed by atoms with Gasteiger partial charge >= 0.3 is 12.2 Å². The van der Waals surface area contributed by atoms with Gasteiger partial charge in [0, 0.05) is 22.3 Å². The van der Waals surface area contributed by atoms with Crippen LogP contribution in [0, 0.1) is 11.8 Å². The molecule has 372 valence electrons. The van der Waals surface area contributed by atoms with Gasteiger partial charge in [-0.3, -0.25) is 0 Å². The van der Waals surface area contributed by atoms with Crippen molar-refractivity contribution in [3.8, 4) is 11.5 Å². The molecule has 2 heterocycles. The molecule has 0 bridgehead atoms. The van der Waals surface area contributed by atoms with Crippen LogP contribution in [0.1, 0.15) is 99.9 Å². The Morgan fingerprint density at radius 3 is 1.20 bits per heavy atom. The van der Waals surface area contributed by atoms with Gasteiger partial charge in [-0.05, 0) is 181 Å². The van der Waals surface area contributed by atoms with Gasteiger partial charge < -0.3 is 18.9 Å². The summed E-state index contributed by atoms with van der Waals surface area (Å²) in [6.45, 7) is 16.0. The van der Waals surface area contributed by atoms with Crippen molar-refractivity contribution in [2.24, 2.45) is 11.8 Å². The topological polar surface area (TPSA) is 77.5 Å². The molecule has 0 saturated carbocycles. The SMILES string of the molecule is COc1ccc2c(c1)/C(=C1\c3c(ccc4ccccc34)C[C@H]1C)c1ccccc1N2C(=O)OC(C)(C)C.COc1ccc2c(c1)/C(=C1\c3c(ccc4ccccc34)C[C@H]1C)c1ccccc1N2C(=O)OC(C)(C)C. The van der Waals surface area contributed by atoms with Gasteiger partial charge in [-0.1, -0.05) is 123 Å². The number of benzene rings is 8. The molecule has 2 amide bonds. The first-order valence-electron chi connectivity index (χ1n) is 25.7. The van der Waals surface area contributed by atoms with Gasteiger partial charge in [-0.25, -0.2) is 19.4 Å². The number of fused-ring (bicyclic) bond motifs is 10. The molecule has 2 aliphatic carbocycles. The maximum atomic E-state index is 13.6. The van der Waals surface area contributed by atoms with Gasteiger partial charge in [0.05, 0.1) is 37.0 Å². The summed E-state index contributed by atoms with van der Waals surface area (Å²) in [5.74, 6) is 2.14. The molecule has 8 aromatic rings. The average Bonchev–Trinajstić information content (AvgIpc) is 3.91. The lowest BCUT2D eigenvalue weighted by Crippen LogP contribution is -2.36. The van der Waals surface area contributed by atoms with Crippen LogP contribution in [0.15, 0.2) is 158 Å². The summed E-state index contributed by atoms with van der Waals surface area (Å²) in [6, 6.07) is 54.4. The number of rotatable bonds is 2. The van der Waals surface area contributed by atoms with Crippen molar-refractivity contribution in [1.29, 1.82) is 0 Å². The molecule has 0 fully saturated rings. The van der Waals surface area contributed by atoms with E-state index < -0.39 is 11.2 Å². The quantitative estimate of drug-likeness (QED) is 0.172. The lowest BCUT2D eigenvalue weighted by Gasteiger charge is -2.35. The third kappa shape index (κ3) is 8.36. The summed E-state index contributed by atoms with van der Waals surface area (Å²) in [7, 11) is 3.36. The normalized spacial score (nSPS) is 18.3. The number of amides is 2. The molecule has 0 aromatic heterocycles. The van der Waals surface area contributed by atoms with E-state index in [1.807, 2.05) is 102 Å². The fourth-order valence-corrected chi connectivity index (χ4v) is 11.7. The van der Waals surface area contributed by atoms with Crippen LogP contribution in [0.2, 0.25) is 0 Å². The number of carbonyl (C=O) groups excluding carboxylic acids is 2. The van der Waals surface area contributed by atoms with Crippen molar-refractivity contribution >= 4 is 78.8 Å². The number of hydrogen-bond acceptors (Lipinski definition) is 6. The molecule has 0 spiro atoms. The van der Waals surface area contributed by atoms with Gasteiger partial charge in [0.2, 0.25) is 0 Å². The Morgan fingerprint density at radius 2 is 0.811 bits per heavy atom. The first-order chi connectivity index (χ1) is 35.5. The summed E-state index contributed by atoms with van der Waals surface area (Å²) in [5, 5.41) is 5.00. The number of ether oxygens (including phenoxy) is 4. The minimum Gasteiger partial charge on any atom is -0.497 e. The maximum Gasteiger partial charge on any atom is 0.419 e. The number of carbonyl (C=O) groups is 2. The van der Waals surface area contributed by atoms with E-state index in [9.17, 15) is 9.59 Å². The van der Waals surface area contributed by atoms with Crippen molar-refractivity contribution < 1.29 is 28.5 Å². The van der Waals surface area contributed by atoms with E-state index in [-0.39, 0.29) is 12.2 Å². The summed E-state index contributed by atoms with van der Waals surface area (Å²) in [6.07, 6.45) is 1.19. The van der Waals surface area contributed by atoms with Crippen LogP contribution < -0.4 is 19.3 Å². The van der Waals surface area contributed by atoms with Crippen molar-refractivity contribution in [2.75, 3.05) is 24.0 Å². The van der Waals surface area contributed by atoms with E-state index in [1.54, 1.807) is 24.0 Å². The number of allylic oxidation sites excluding steroid dienone is 2. The van der Waals surface area contributed by atoms with Gasteiger partial charge in [-0.2, -0.15) is 0 Å². The highest BCUT2D eigenvalue weighted by atomic mass is 16.6. The summed E-state index contributed by atoms with van der Waals surface area (Å²) < 4.78 is 23.1. The Hall–Kier alpha value is -8.10. The minimum atomic E-state index is -0.616. The zero-order valence-electron chi connectivity index (χ0n) is 43.9. The number of methoxy groups -OCH3 is 2. The highest BCUT2D eigenvalue weighted by Gasteiger charge is 2.40. The molecular formula is C66H62N2O6. The molecule has 0 radical (unpaired) electrons. The molecule has 8 nitrogen and oxygen atoms in total. The van der Waals surface area contributed by atoms with Gasteiger partial charge in [0.15, 0.2) is 0 Å². The average molecular weight is 979 g/mol. The largest absolute Gasteiger partial charge is 0.497 e. The molecule has 2 atom stereocenters. The zero-order valence-corrected chi connectivity index (χ0v) is 43.9. The molecule has 0 saturated heterocycles. The Morgan fingerprint density at radius 1 is 0.446 bits per heavy atom. The Balaban J connectivity index is 0.000000159. The lowest BCUT2D eigenvalue weighted by molar-refractivity contribution is 0.0587. The van der Waals surface area contributed by atoms with Crippen LogP contribution in [0.3, 0.4) is 0 Å². The molecule has 0 unspecified atom stereocenters. The Labute approximate surface area is 434 Å². The lowest BCUT2D eigenvalue weighted by atomic mass is 9.82. The number of hydrogen-bond donors (Lipinski definition) is 0. The van der Waals surface area contributed by atoms with Crippen molar-refractivity contribution in [2.45, 2.75) is 79.4 Å². The predicted molar refractivity (Wildman–Crippen MR) is 301 cm³/mol. The van der Waals surface area contributed by atoms with E-state index in [2.05, 4.69) is 111 Å². The molecule has 8 aromatic carbocycles. The first kappa shape index (κ1) is 48.2. The maximum absolute atomic E-state index is 13.6. The standard InChI is InChI=1S/2C33H31NO3/c2*1-20-18-22-15-14-21-10-6-7-11-24(21)30(22)29(20)31-25-12-8-9-13-27(25)34(32(35)37-33(2,3)4)28-17-16-23(36-5)19-26(28)31/h2*6-17,19-20H,18H2,1-5H3/b2*31-29-/t2*20-/m11/s1. The smallest absolute Gasteiger partial charge is 0.419 e. The van der Waals surface area contributed by atoms with Crippen LogP contribution in [0.4, 0.5) is 32.3 Å². The highest BCUT2D eigenvalue weighted by Crippen LogP contribution is 2.56. The summed E-state index contributed by atoms with van der Waals surface area (Å²) in [5.41, 5.74) is 16.4. The third-order valence-corrected chi connectivity index (χ3v) is 14.6. The minimum absolute atomic E-state index is 0.316. The molecule has 2 aliphatic heterocycles. The molecule has 8 heteroatoms. The van der Waals surface area contributed by atoms with E-state index >= 15 is 0 Å². The molecule has 4 aliphatic rings. The van der Waals surface area contributed by atoms with Gasteiger partial charge in [0.25, 0.3) is 0 Å². The first-order valence-corrected chi connectivity index (χ1v) is 25.7. The fourth-order valence-electron chi connectivity index (χ4n) is 11.7. The van der Waals surface area contributed by atoms with E-state index in [0.717, 1.165) is 80.5 Å². The van der Waals surface area contributed by atoms with Crippen LogP contribution >= 0.6 is 0 Å². The summed E-state index contributed by atoms with van der Waals surface area (Å²) in [4.78, 5) is 30.7. The number of anilines is 4. The molecule has 0 N–H and O–H groups in total. The van der Waals surface area contributed by atoms with Crippen molar-refractivity contribution in [3.05, 3.63) is 202 Å². The van der Waals surface area contributed by atoms with Crippen molar-refractivity contribution in [3.63, 3.8) is 0 Å². The second-order valence-corrected chi connectivity index (χ2v) is 21.9. The highest BCUT2D eigenvalue weighted by molar-refractivity contribution is 6.18. The van der Waals surface area contributed by atoms with Crippen LogP contribution in [-0.2, 0) is 22.3 Å². The molecule has 12 rings (SSSR count). The molecular weight excluding hydrogens is 917 g/mol. The van der Waals surface area contributed by atoms with Gasteiger partial charge in [-0.15, -0.1) is 0 Å². The summed E-state index contributed by atoms with van der Waals surface area (Å²) >= 11 is 0. The molecule has 74 heavy (non-hydrogen) atoms. The van der Waals surface area contributed by atoms with Gasteiger partial charge in [0.1, 0.15) is 22.7 Å². The Kier molecular flexibility index (Phi) is 12.0. The van der Waals surface area contributed by atoms with Crippen LogP contribution in [0.5, 0.6) is 11.5 Å². The zero-order chi connectivity index (χ0) is 51.8. The fraction of sp³-hybridized carbons (Fsp3) is 0.242. The van der Waals surface area contributed by atoms with E-state index in [1.165, 1.54) is 54.9 Å². The monoisotopic (exact) mass is 978 g/mol. The van der Waals surface area contributed by atoms with E-state index in [0.29, 0.717) is 11.8 Å². The third-order valence-electron chi connectivity index (χ3n) is 14.6. The Bertz CT molecular complexity index is 3420. The number of para-hydroxylation sites is 2. The van der Waals surface area contributed by atoms with Crippen LogP contribution in [0.25, 0.3) is 43.8 Å². The van der Waals surface area contributed by atoms with Crippen LogP contribution in [-0.4, -0.2) is 37.6 Å². The van der Waals surface area contributed by atoms with Crippen molar-refractivity contribution in [1.82, 2.24) is 0 Å². The second kappa shape index (κ2) is 18.4. The number of nitrogens with zero attached hydrogens (tertiary/aromatic N) is 2. The predicted octanol–water partition coefficient (Wildman–Crippen LogP) is 16.8. The second-order valence-electron chi connectivity index (χ2n) is 21.9. The van der Waals surface area contributed by atoms with E-state index in [4.69, 9.17) is 18.9 Å².